The van der Waals surface area contributed by atoms with Gasteiger partial charge in [-0.1, -0.05) is 19.8 Å². The Morgan fingerprint density at radius 2 is 1.45 bits per heavy atom. The third-order valence-corrected chi connectivity index (χ3v) is 8.10. The minimum absolute atomic E-state index is 0.174. The quantitative estimate of drug-likeness (QED) is 0.744. The van der Waals surface area contributed by atoms with E-state index in [1.165, 1.54) is 32.1 Å². The molecule has 126 valence electrons. The Balaban J connectivity index is 1.65. The molecule has 3 aliphatic rings. The van der Waals surface area contributed by atoms with E-state index in [0.29, 0.717) is 18.3 Å². The molecular weight excluding hydrogens is 298 g/mol. The zero-order valence-electron chi connectivity index (χ0n) is 13.8. The predicted molar refractivity (Wildman–Crippen MR) is 87.3 cm³/mol. The van der Waals surface area contributed by atoms with Crippen LogP contribution in [0.25, 0.3) is 0 Å². The third-order valence-electron chi connectivity index (χ3n) is 6.44. The van der Waals surface area contributed by atoms with Gasteiger partial charge in [-0.05, 0) is 50.4 Å². The van der Waals surface area contributed by atoms with Crippen LogP contribution < -0.4 is 0 Å². The second kappa shape index (κ2) is 5.81. The number of carbonyl (C=O) groups excluding carboxylic acids is 1. The molecule has 0 bridgehead atoms. The van der Waals surface area contributed by atoms with E-state index < -0.39 is 15.3 Å². The van der Waals surface area contributed by atoms with Crippen LogP contribution in [-0.4, -0.2) is 43.8 Å². The van der Waals surface area contributed by atoms with E-state index in [4.69, 9.17) is 0 Å². The molecule has 0 aromatic heterocycles. The monoisotopic (exact) mass is 327 g/mol. The van der Waals surface area contributed by atoms with Gasteiger partial charge >= 0.3 is 0 Å². The lowest BCUT2D eigenvalue weighted by Gasteiger charge is -2.37. The van der Waals surface area contributed by atoms with Crippen molar-refractivity contribution in [3.63, 3.8) is 0 Å². The van der Waals surface area contributed by atoms with E-state index in [9.17, 15) is 13.2 Å². The van der Waals surface area contributed by atoms with Crippen molar-refractivity contribution in [1.82, 2.24) is 4.90 Å². The number of amides is 1. The molecule has 2 aliphatic heterocycles. The first kappa shape index (κ1) is 16.3. The van der Waals surface area contributed by atoms with Gasteiger partial charge in [0.2, 0.25) is 5.91 Å². The average molecular weight is 327 g/mol. The van der Waals surface area contributed by atoms with Gasteiger partial charge in [0.1, 0.15) is 9.84 Å². The van der Waals surface area contributed by atoms with Gasteiger partial charge in [0.25, 0.3) is 0 Å². The zero-order valence-corrected chi connectivity index (χ0v) is 14.6. The van der Waals surface area contributed by atoms with Crippen LogP contribution in [-0.2, 0) is 14.6 Å². The molecule has 1 saturated carbocycles. The van der Waals surface area contributed by atoms with Gasteiger partial charge in [-0.2, -0.15) is 0 Å². The number of hydrogen-bond acceptors (Lipinski definition) is 3. The summed E-state index contributed by atoms with van der Waals surface area (Å²) in [4.78, 5) is 15.0. The van der Waals surface area contributed by atoms with E-state index >= 15 is 0 Å². The Kier molecular flexibility index (Phi) is 4.30. The minimum atomic E-state index is -2.91. The lowest BCUT2D eigenvalue weighted by molar-refractivity contribution is -0.141. The van der Waals surface area contributed by atoms with E-state index in [1.54, 1.807) is 0 Å². The van der Waals surface area contributed by atoms with Crippen molar-refractivity contribution in [2.24, 2.45) is 10.8 Å². The number of sulfone groups is 1. The molecule has 4 nitrogen and oxygen atoms in total. The summed E-state index contributed by atoms with van der Waals surface area (Å²) in [6.07, 6.45) is 9.89. The molecule has 0 atom stereocenters. The normalized spacial score (nSPS) is 30.1. The molecule has 1 spiro atoms. The first-order chi connectivity index (χ1) is 10.3. The molecule has 3 fully saturated rings. The van der Waals surface area contributed by atoms with Gasteiger partial charge in [-0.15, -0.1) is 0 Å². The van der Waals surface area contributed by atoms with Crippen LogP contribution >= 0.6 is 0 Å². The lowest BCUT2D eigenvalue weighted by Crippen LogP contribution is -2.47. The predicted octanol–water partition coefficient (Wildman–Crippen LogP) is 2.77. The topological polar surface area (TPSA) is 54.5 Å². The average Bonchev–Trinajstić information content (AvgIpc) is 2.83. The van der Waals surface area contributed by atoms with Gasteiger partial charge in [-0.25, -0.2) is 8.42 Å². The Morgan fingerprint density at radius 3 is 2.09 bits per heavy atom. The molecule has 0 aromatic carbocycles. The Bertz CT molecular complexity index is 520. The van der Waals surface area contributed by atoms with E-state index in [2.05, 4.69) is 0 Å². The first-order valence-corrected chi connectivity index (χ1v) is 10.7. The van der Waals surface area contributed by atoms with Crippen molar-refractivity contribution in [3.05, 3.63) is 0 Å². The molecule has 0 aromatic rings. The molecule has 0 N–H and O–H groups in total. The number of rotatable bonds is 1. The van der Waals surface area contributed by atoms with Crippen LogP contribution in [0.15, 0.2) is 0 Å². The maximum atomic E-state index is 13.0. The number of hydrogen-bond donors (Lipinski definition) is 0. The van der Waals surface area contributed by atoms with Gasteiger partial charge in [-0.3, -0.25) is 4.79 Å². The van der Waals surface area contributed by atoms with Gasteiger partial charge in [0.15, 0.2) is 0 Å². The summed E-state index contributed by atoms with van der Waals surface area (Å²) in [5.41, 5.74) is 0.0460. The summed E-state index contributed by atoms with van der Waals surface area (Å²) in [7, 11) is -2.91. The van der Waals surface area contributed by atoms with Crippen LogP contribution in [0, 0.1) is 10.8 Å². The SMILES string of the molecule is CC1(C(=O)N2CCCC3(CCCC3)CC2)CCS(=O)(=O)CC1. The van der Waals surface area contributed by atoms with Gasteiger partial charge < -0.3 is 4.90 Å². The molecule has 1 amide bonds. The largest absolute Gasteiger partial charge is 0.342 e. The van der Waals surface area contributed by atoms with Crippen LogP contribution in [0.1, 0.15) is 64.7 Å². The molecule has 2 saturated heterocycles. The summed E-state index contributed by atoms with van der Waals surface area (Å²) in [5.74, 6) is 0.553. The summed E-state index contributed by atoms with van der Waals surface area (Å²) >= 11 is 0. The van der Waals surface area contributed by atoms with Gasteiger partial charge in [0, 0.05) is 18.5 Å². The van der Waals surface area contributed by atoms with Crippen molar-refractivity contribution in [2.75, 3.05) is 24.6 Å². The molecule has 22 heavy (non-hydrogen) atoms. The van der Waals surface area contributed by atoms with Crippen molar-refractivity contribution in [2.45, 2.75) is 64.7 Å². The molecule has 0 unspecified atom stereocenters. The van der Waals surface area contributed by atoms with Crippen LogP contribution in [0.2, 0.25) is 0 Å². The molecule has 2 heterocycles. The second-order valence-corrected chi connectivity index (χ2v) is 10.4. The van der Waals surface area contributed by atoms with Gasteiger partial charge in [0.05, 0.1) is 11.5 Å². The second-order valence-electron chi connectivity index (χ2n) is 8.07. The van der Waals surface area contributed by atoms with Crippen LogP contribution in [0.4, 0.5) is 0 Å². The molecule has 3 rings (SSSR count). The minimum Gasteiger partial charge on any atom is -0.342 e. The van der Waals surface area contributed by atoms with Crippen molar-refractivity contribution in [3.8, 4) is 0 Å². The zero-order chi connectivity index (χ0) is 15.8. The van der Waals surface area contributed by atoms with Crippen molar-refractivity contribution >= 4 is 15.7 Å². The number of carbonyl (C=O) groups is 1. The first-order valence-electron chi connectivity index (χ1n) is 8.84. The Morgan fingerprint density at radius 1 is 0.864 bits per heavy atom. The van der Waals surface area contributed by atoms with Crippen LogP contribution in [0.5, 0.6) is 0 Å². The maximum Gasteiger partial charge on any atom is 0.228 e. The molecular formula is C17H29NO3S. The lowest BCUT2D eigenvalue weighted by atomic mass is 9.79. The highest BCUT2D eigenvalue weighted by molar-refractivity contribution is 7.91. The summed E-state index contributed by atoms with van der Waals surface area (Å²) in [6, 6.07) is 0. The fraction of sp³-hybridized carbons (Fsp3) is 0.941. The summed E-state index contributed by atoms with van der Waals surface area (Å²) in [5, 5.41) is 0. The summed E-state index contributed by atoms with van der Waals surface area (Å²) < 4.78 is 23.3. The third kappa shape index (κ3) is 3.19. The maximum absolute atomic E-state index is 13.0. The van der Waals surface area contributed by atoms with Crippen molar-refractivity contribution < 1.29 is 13.2 Å². The van der Waals surface area contributed by atoms with E-state index in [0.717, 1.165) is 25.9 Å². The molecule has 0 radical (unpaired) electrons. The fourth-order valence-electron chi connectivity index (χ4n) is 4.67. The van der Waals surface area contributed by atoms with E-state index in [1.807, 2.05) is 11.8 Å². The highest BCUT2D eigenvalue weighted by atomic mass is 32.2. The fourth-order valence-corrected chi connectivity index (χ4v) is 6.39. The summed E-state index contributed by atoms with van der Waals surface area (Å²) in [6.45, 7) is 3.71. The molecule has 5 heteroatoms. The smallest absolute Gasteiger partial charge is 0.228 e. The standard InChI is InChI=1S/C17H29NO3S/c1-16(9-13-22(20,21)14-10-16)15(19)18-11-4-7-17(8-12-18)5-2-3-6-17/h2-14H2,1H3. The van der Waals surface area contributed by atoms with Crippen LogP contribution in [0.3, 0.4) is 0 Å². The highest BCUT2D eigenvalue weighted by Crippen LogP contribution is 2.46. The van der Waals surface area contributed by atoms with Crippen molar-refractivity contribution in [1.29, 1.82) is 0 Å². The van der Waals surface area contributed by atoms with E-state index in [-0.39, 0.29) is 17.4 Å². The number of nitrogens with zero attached hydrogens (tertiary/aromatic N) is 1. The Hall–Kier alpha value is -0.580. The number of likely N-dealkylation sites (tertiary alicyclic amines) is 1. The highest BCUT2D eigenvalue weighted by Gasteiger charge is 2.43. The Labute approximate surface area is 134 Å². The molecule has 1 aliphatic carbocycles.